The Morgan fingerprint density at radius 1 is 1.27 bits per heavy atom. The number of thiazole rings is 1. The van der Waals surface area contributed by atoms with E-state index in [4.69, 9.17) is 0 Å². The number of rotatable bonds is 8. The number of nitrogens with zero attached hydrogens (tertiary/aromatic N) is 1. The minimum atomic E-state index is -3.32. The third-order valence-corrected chi connectivity index (χ3v) is 8.35. The molecule has 0 aliphatic carbocycles. The summed E-state index contributed by atoms with van der Waals surface area (Å²) >= 11 is 4.70. The molecule has 140 valence electrons. The van der Waals surface area contributed by atoms with Crippen LogP contribution in [0.5, 0.6) is 0 Å². The quantitative estimate of drug-likeness (QED) is 0.499. The summed E-state index contributed by atoms with van der Waals surface area (Å²) in [5.41, 5.74) is 3.07. The highest BCUT2D eigenvalue weighted by Gasteiger charge is 2.14. The van der Waals surface area contributed by atoms with Crippen molar-refractivity contribution in [2.24, 2.45) is 0 Å². The molecule has 0 saturated heterocycles. The van der Waals surface area contributed by atoms with Gasteiger partial charge >= 0.3 is 0 Å². The van der Waals surface area contributed by atoms with Crippen LogP contribution in [0.1, 0.15) is 30.2 Å². The molecule has 0 amide bonds. The van der Waals surface area contributed by atoms with Crippen molar-refractivity contribution < 1.29 is 8.42 Å². The second kappa shape index (κ2) is 8.26. The fourth-order valence-electron chi connectivity index (χ4n) is 2.42. The molecule has 0 spiro atoms. The number of hydrogen-bond acceptors (Lipinski definition) is 7. The van der Waals surface area contributed by atoms with Crippen molar-refractivity contribution in [1.29, 1.82) is 0 Å². The Morgan fingerprint density at radius 2 is 2.08 bits per heavy atom. The van der Waals surface area contributed by atoms with E-state index in [2.05, 4.69) is 46.5 Å². The lowest BCUT2D eigenvalue weighted by atomic mass is 10.1. The smallest absolute Gasteiger partial charge is 0.217 e. The maximum absolute atomic E-state index is 11.9. The van der Waals surface area contributed by atoms with Gasteiger partial charge in [-0.05, 0) is 49.2 Å². The average Bonchev–Trinajstić information content (AvgIpc) is 3.15. The van der Waals surface area contributed by atoms with Crippen LogP contribution in [0.2, 0.25) is 0 Å². The highest BCUT2D eigenvalue weighted by Crippen LogP contribution is 2.38. The molecule has 0 atom stereocenters. The molecule has 2 N–H and O–H groups in total. The van der Waals surface area contributed by atoms with Gasteiger partial charge in [-0.2, -0.15) is 0 Å². The predicted octanol–water partition coefficient (Wildman–Crippen LogP) is 4.92. The zero-order valence-corrected chi connectivity index (χ0v) is 18.1. The number of aryl methyl sites for hydroxylation is 2. The van der Waals surface area contributed by atoms with E-state index in [0.717, 1.165) is 6.42 Å². The van der Waals surface area contributed by atoms with E-state index in [1.165, 1.54) is 48.7 Å². The van der Waals surface area contributed by atoms with Crippen LogP contribution < -0.4 is 9.44 Å². The first kappa shape index (κ1) is 19.6. The van der Waals surface area contributed by atoms with Gasteiger partial charge in [0.15, 0.2) is 5.13 Å². The molecule has 0 fully saturated rings. The molecule has 0 aliphatic heterocycles. The second-order valence-corrected chi connectivity index (χ2v) is 10.8. The number of nitrogens with one attached hydrogen (secondary N) is 2. The number of anilines is 1. The lowest BCUT2D eigenvalue weighted by molar-refractivity contribution is 0.579. The van der Waals surface area contributed by atoms with Gasteiger partial charge in [-0.15, -0.1) is 22.7 Å². The van der Waals surface area contributed by atoms with Crippen LogP contribution in [0.25, 0.3) is 10.1 Å². The molecular formula is C17H21N3O2S4. The molecule has 2 heterocycles. The van der Waals surface area contributed by atoms with Crippen LogP contribution in [0.4, 0.5) is 5.13 Å². The Hall–Kier alpha value is -1.13. The Kier molecular flexibility index (Phi) is 6.24. The zero-order chi connectivity index (χ0) is 18.7. The number of thiophene rings is 1. The second-order valence-electron chi connectivity index (χ2n) is 6.02. The third kappa shape index (κ3) is 4.77. The summed E-state index contributed by atoms with van der Waals surface area (Å²) in [6.07, 6.45) is 0.772. The van der Waals surface area contributed by atoms with Crippen LogP contribution in [0, 0.1) is 13.8 Å². The highest BCUT2D eigenvalue weighted by atomic mass is 32.2. The van der Waals surface area contributed by atoms with Crippen LogP contribution in [0.15, 0.2) is 27.8 Å². The fourth-order valence-corrected chi connectivity index (χ4v) is 6.52. The summed E-state index contributed by atoms with van der Waals surface area (Å²) < 4.78 is 32.2. The molecule has 5 nitrogen and oxygen atoms in total. The van der Waals surface area contributed by atoms with E-state index < -0.39 is 10.0 Å². The Labute approximate surface area is 166 Å². The summed E-state index contributed by atoms with van der Waals surface area (Å²) in [6.45, 7) is 6.61. The molecule has 0 saturated carbocycles. The number of hydrogen-bond donors (Lipinski definition) is 2. The lowest BCUT2D eigenvalue weighted by Gasteiger charge is -2.03. The van der Waals surface area contributed by atoms with E-state index in [-0.39, 0.29) is 5.75 Å². The topological polar surface area (TPSA) is 71.1 Å². The molecule has 3 rings (SSSR count). The maximum Gasteiger partial charge on any atom is 0.217 e. The molecule has 0 aliphatic rings. The van der Waals surface area contributed by atoms with Crippen LogP contribution >= 0.6 is 34.6 Å². The van der Waals surface area contributed by atoms with Gasteiger partial charge in [-0.3, -0.25) is 0 Å². The van der Waals surface area contributed by atoms with Crippen LogP contribution in [-0.2, 0) is 15.8 Å². The van der Waals surface area contributed by atoms with Crippen LogP contribution in [-0.4, -0.2) is 19.9 Å². The Bertz CT molecular complexity index is 1010. The van der Waals surface area contributed by atoms with E-state index in [0.29, 0.717) is 17.4 Å². The first-order valence-electron chi connectivity index (χ1n) is 8.22. The Balaban J connectivity index is 1.66. The first-order chi connectivity index (χ1) is 12.4. The van der Waals surface area contributed by atoms with E-state index in [9.17, 15) is 8.42 Å². The zero-order valence-electron chi connectivity index (χ0n) is 14.8. The molecule has 26 heavy (non-hydrogen) atoms. The predicted molar refractivity (Wildman–Crippen MR) is 114 cm³/mol. The van der Waals surface area contributed by atoms with Crippen LogP contribution in [0.3, 0.4) is 0 Å². The van der Waals surface area contributed by atoms with Gasteiger partial charge in [0.25, 0.3) is 0 Å². The monoisotopic (exact) mass is 427 g/mol. The van der Waals surface area contributed by atoms with Crippen molar-refractivity contribution in [2.45, 2.75) is 37.2 Å². The van der Waals surface area contributed by atoms with Crippen molar-refractivity contribution in [2.75, 3.05) is 11.3 Å². The maximum atomic E-state index is 11.9. The van der Waals surface area contributed by atoms with Crippen molar-refractivity contribution in [1.82, 2.24) is 9.71 Å². The van der Waals surface area contributed by atoms with Crippen molar-refractivity contribution >= 4 is 59.9 Å². The summed E-state index contributed by atoms with van der Waals surface area (Å²) in [7, 11) is -3.32. The summed E-state index contributed by atoms with van der Waals surface area (Å²) in [4.78, 5) is 4.39. The molecule has 3 aromatic rings. The minimum Gasteiger partial charge on any atom is -0.301 e. The number of benzene rings is 1. The molecule has 2 aromatic heterocycles. The standard InChI is InChI=1S/C17H21N3O2S4/c1-4-7-18-26(21,22)10-13-9-23-17(19-13)20-25-16-12(3)14-8-11(2)5-6-15(14)24-16/h5-6,8-9,18H,4,7,10H2,1-3H3,(H,19,20). The van der Waals surface area contributed by atoms with Gasteiger partial charge < -0.3 is 4.72 Å². The molecular weight excluding hydrogens is 406 g/mol. The van der Waals surface area contributed by atoms with Gasteiger partial charge in [0.1, 0.15) is 5.75 Å². The molecule has 0 unspecified atom stereocenters. The van der Waals surface area contributed by atoms with Gasteiger partial charge in [0.05, 0.1) is 9.90 Å². The summed E-state index contributed by atoms with van der Waals surface area (Å²) in [5.74, 6) is -0.0863. The summed E-state index contributed by atoms with van der Waals surface area (Å²) in [5, 5.41) is 3.78. The normalized spacial score (nSPS) is 12.0. The molecule has 0 radical (unpaired) electrons. The largest absolute Gasteiger partial charge is 0.301 e. The summed E-state index contributed by atoms with van der Waals surface area (Å²) in [6, 6.07) is 6.49. The third-order valence-electron chi connectivity index (χ3n) is 3.74. The number of sulfonamides is 1. The van der Waals surface area contributed by atoms with E-state index in [1.807, 2.05) is 6.92 Å². The first-order valence-corrected chi connectivity index (χ1v) is 12.4. The van der Waals surface area contributed by atoms with E-state index in [1.54, 1.807) is 16.7 Å². The lowest BCUT2D eigenvalue weighted by Crippen LogP contribution is -2.25. The van der Waals surface area contributed by atoms with E-state index >= 15 is 0 Å². The van der Waals surface area contributed by atoms with Crippen molar-refractivity contribution in [3.63, 3.8) is 0 Å². The van der Waals surface area contributed by atoms with Gasteiger partial charge in [-0.1, -0.05) is 24.6 Å². The SMILES string of the molecule is CCCNS(=O)(=O)Cc1csc(NSc2sc3ccc(C)cc3c2C)n1. The van der Waals surface area contributed by atoms with Gasteiger partial charge in [-0.25, -0.2) is 18.1 Å². The number of aromatic nitrogens is 1. The van der Waals surface area contributed by atoms with Gasteiger partial charge in [0.2, 0.25) is 10.0 Å². The molecule has 0 bridgehead atoms. The molecule has 9 heteroatoms. The van der Waals surface area contributed by atoms with Crippen molar-refractivity contribution in [3.05, 3.63) is 40.4 Å². The van der Waals surface area contributed by atoms with Crippen molar-refractivity contribution in [3.8, 4) is 0 Å². The molecule has 1 aromatic carbocycles. The highest BCUT2D eigenvalue weighted by molar-refractivity contribution is 8.02. The Morgan fingerprint density at radius 3 is 2.85 bits per heavy atom. The number of fused-ring (bicyclic) bond motifs is 1. The minimum absolute atomic E-state index is 0.0863. The average molecular weight is 428 g/mol. The van der Waals surface area contributed by atoms with Gasteiger partial charge in [0, 0.05) is 16.6 Å². The fraction of sp³-hybridized carbons (Fsp3) is 0.353.